The maximum atomic E-state index is 12.1. The molecule has 0 radical (unpaired) electrons. The Bertz CT molecular complexity index is 504. The molecule has 4 nitrogen and oxygen atoms in total. The number of hydrogen-bond donors (Lipinski definition) is 1. The molecule has 0 saturated carbocycles. The van der Waals surface area contributed by atoms with Gasteiger partial charge in [0.25, 0.3) is 0 Å². The van der Waals surface area contributed by atoms with Crippen molar-refractivity contribution in [3.8, 4) is 0 Å². The van der Waals surface area contributed by atoms with Crippen LogP contribution in [0.25, 0.3) is 0 Å². The molecule has 2 rings (SSSR count). The van der Waals surface area contributed by atoms with Crippen LogP contribution in [0.2, 0.25) is 0 Å². The minimum absolute atomic E-state index is 0.0297. The summed E-state index contributed by atoms with van der Waals surface area (Å²) in [5, 5.41) is 3.25. The molecule has 3 atom stereocenters. The van der Waals surface area contributed by atoms with E-state index in [4.69, 9.17) is 0 Å². The number of amides is 1. The van der Waals surface area contributed by atoms with Crippen LogP contribution in [0.5, 0.6) is 0 Å². The largest absolute Gasteiger partial charge is 0.318 e. The first-order valence-electron chi connectivity index (χ1n) is 6.41. The highest BCUT2D eigenvalue weighted by Crippen LogP contribution is 2.27. The van der Waals surface area contributed by atoms with E-state index in [1.54, 1.807) is 6.26 Å². The van der Waals surface area contributed by atoms with Crippen LogP contribution in [0, 0.1) is 6.92 Å². The Balaban J connectivity index is 2.27. The number of nitrogens with one attached hydrogen (secondary N) is 1. The zero-order chi connectivity index (χ0) is 14.0. The number of nitrogens with zero attached hydrogens (tertiary/aromatic N) is 1. The van der Waals surface area contributed by atoms with E-state index in [1.165, 1.54) is 0 Å². The predicted octanol–water partition coefficient (Wildman–Crippen LogP) is 1.19. The van der Waals surface area contributed by atoms with E-state index >= 15 is 0 Å². The summed E-state index contributed by atoms with van der Waals surface area (Å²) in [7, 11) is -0.905. The van der Waals surface area contributed by atoms with Gasteiger partial charge >= 0.3 is 0 Å². The fourth-order valence-electron chi connectivity index (χ4n) is 2.59. The fourth-order valence-corrected chi connectivity index (χ4v) is 3.43. The molecule has 0 bridgehead atoms. The lowest BCUT2D eigenvalue weighted by Gasteiger charge is -2.31. The molecule has 3 unspecified atom stereocenters. The van der Waals surface area contributed by atoms with Crippen LogP contribution in [0.1, 0.15) is 24.2 Å². The predicted molar refractivity (Wildman–Crippen MR) is 77.2 cm³/mol. The molecule has 1 heterocycles. The molecule has 19 heavy (non-hydrogen) atoms. The lowest BCUT2D eigenvalue weighted by molar-refractivity contribution is -0.129. The third-order valence-corrected chi connectivity index (χ3v) is 4.40. The van der Waals surface area contributed by atoms with Crippen molar-refractivity contribution in [2.75, 3.05) is 18.6 Å². The van der Waals surface area contributed by atoms with E-state index < -0.39 is 10.8 Å². The Morgan fingerprint density at radius 2 is 2.16 bits per heavy atom. The van der Waals surface area contributed by atoms with Gasteiger partial charge in [-0.05, 0) is 25.0 Å². The van der Waals surface area contributed by atoms with Crippen molar-refractivity contribution in [2.45, 2.75) is 26.1 Å². The van der Waals surface area contributed by atoms with E-state index in [2.05, 4.69) is 5.32 Å². The molecule has 1 fully saturated rings. The van der Waals surface area contributed by atoms with E-state index in [0.717, 1.165) is 11.1 Å². The van der Waals surface area contributed by atoms with Crippen LogP contribution in [-0.2, 0) is 15.6 Å². The summed E-state index contributed by atoms with van der Waals surface area (Å²) in [6.45, 7) is 4.35. The maximum Gasteiger partial charge on any atom is 0.238 e. The summed E-state index contributed by atoms with van der Waals surface area (Å²) in [4.78, 5) is 13.9. The standard InChI is InChI=1S/C14H20N2O2S/c1-10-6-4-5-7-12(10)14-15-8-13(17)16(14)11(2)9-19(3)18/h4-7,11,14-15H,8-9H2,1-3H3. The minimum atomic E-state index is -0.905. The molecule has 5 heteroatoms. The van der Waals surface area contributed by atoms with Crippen LogP contribution >= 0.6 is 0 Å². The van der Waals surface area contributed by atoms with Gasteiger partial charge < -0.3 is 4.90 Å². The molecule has 1 amide bonds. The summed E-state index contributed by atoms with van der Waals surface area (Å²) in [6.07, 6.45) is 1.57. The molecule has 0 aliphatic carbocycles. The topological polar surface area (TPSA) is 49.4 Å². The quantitative estimate of drug-likeness (QED) is 0.901. The highest BCUT2D eigenvalue weighted by molar-refractivity contribution is 7.84. The Morgan fingerprint density at radius 1 is 1.47 bits per heavy atom. The SMILES string of the molecule is Cc1ccccc1C1NCC(=O)N1C(C)CS(C)=O. The number of carbonyl (C=O) groups is 1. The van der Waals surface area contributed by atoms with Gasteiger partial charge in [-0.15, -0.1) is 0 Å². The maximum absolute atomic E-state index is 12.1. The van der Waals surface area contributed by atoms with Gasteiger partial charge in [-0.3, -0.25) is 14.3 Å². The van der Waals surface area contributed by atoms with E-state index in [1.807, 2.05) is 43.0 Å². The highest BCUT2D eigenvalue weighted by Gasteiger charge is 2.35. The number of rotatable bonds is 4. The van der Waals surface area contributed by atoms with Crippen molar-refractivity contribution in [1.82, 2.24) is 10.2 Å². The molecule has 1 aromatic rings. The third-order valence-electron chi connectivity index (χ3n) is 3.45. The van der Waals surface area contributed by atoms with Gasteiger partial charge in [-0.1, -0.05) is 24.3 Å². The minimum Gasteiger partial charge on any atom is -0.318 e. The zero-order valence-corrected chi connectivity index (χ0v) is 12.4. The highest BCUT2D eigenvalue weighted by atomic mass is 32.2. The van der Waals surface area contributed by atoms with E-state index in [9.17, 15) is 9.00 Å². The number of benzene rings is 1. The van der Waals surface area contributed by atoms with Crippen LogP contribution in [-0.4, -0.2) is 39.6 Å². The number of hydrogen-bond acceptors (Lipinski definition) is 3. The number of aryl methyl sites for hydroxylation is 1. The van der Waals surface area contributed by atoms with Gasteiger partial charge in [0.2, 0.25) is 5.91 Å². The summed E-state index contributed by atoms with van der Waals surface area (Å²) in [5.74, 6) is 0.585. The van der Waals surface area contributed by atoms with E-state index in [-0.39, 0.29) is 18.1 Å². The van der Waals surface area contributed by atoms with Gasteiger partial charge in [0.05, 0.1) is 6.54 Å². The van der Waals surface area contributed by atoms with Crippen molar-refractivity contribution in [3.63, 3.8) is 0 Å². The lowest BCUT2D eigenvalue weighted by atomic mass is 10.1. The first-order chi connectivity index (χ1) is 9.00. The summed E-state index contributed by atoms with van der Waals surface area (Å²) in [6, 6.07) is 8.02. The van der Waals surface area contributed by atoms with Gasteiger partial charge in [-0.25, -0.2) is 0 Å². The van der Waals surface area contributed by atoms with E-state index in [0.29, 0.717) is 12.3 Å². The summed E-state index contributed by atoms with van der Waals surface area (Å²) in [5.41, 5.74) is 2.27. The molecule has 0 aromatic heterocycles. The molecule has 1 N–H and O–H groups in total. The first-order valence-corrected chi connectivity index (χ1v) is 8.13. The monoisotopic (exact) mass is 280 g/mol. The molecule has 1 aromatic carbocycles. The molecule has 104 valence electrons. The Hall–Kier alpha value is -1.20. The second-order valence-corrected chi connectivity index (χ2v) is 6.51. The molecule has 1 saturated heterocycles. The smallest absolute Gasteiger partial charge is 0.238 e. The molecule has 1 aliphatic heterocycles. The molecule has 1 aliphatic rings. The van der Waals surface area contributed by atoms with Crippen molar-refractivity contribution >= 4 is 16.7 Å². The van der Waals surface area contributed by atoms with Crippen molar-refractivity contribution < 1.29 is 9.00 Å². The Morgan fingerprint density at radius 3 is 2.79 bits per heavy atom. The van der Waals surface area contributed by atoms with Crippen LogP contribution in [0.4, 0.5) is 0 Å². The average molecular weight is 280 g/mol. The van der Waals surface area contributed by atoms with Crippen LogP contribution in [0.15, 0.2) is 24.3 Å². The summed E-state index contributed by atoms with van der Waals surface area (Å²) >= 11 is 0. The molecular formula is C14H20N2O2S. The Labute approximate surface area is 116 Å². The first kappa shape index (κ1) is 14.2. The molecule has 0 spiro atoms. The lowest BCUT2D eigenvalue weighted by Crippen LogP contribution is -2.41. The van der Waals surface area contributed by atoms with Crippen LogP contribution < -0.4 is 5.32 Å². The zero-order valence-electron chi connectivity index (χ0n) is 11.6. The number of carbonyl (C=O) groups excluding carboxylic acids is 1. The van der Waals surface area contributed by atoms with Gasteiger partial charge in [0.1, 0.15) is 6.17 Å². The normalized spacial score (nSPS) is 22.6. The van der Waals surface area contributed by atoms with Gasteiger partial charge in [-0.2, -0.15) is 0 Å². The molecular weight excluding hydrogens is 260 g/mol. The van der Waals surface area contributed by atoms with Gasteiger partial charge in [0, 0.05) is 28.9 Å². The van der Waals surface area contributed by atoms with Crippen molar-refractivity contribution in [2.24, 2.45) is 0 Å². The fraction of sp³-hybridized carbons (Fsp3) is 0.500. The summed E-state index contributed by atoms with van der Waals surface area (Å²) < 4.78 is 11.4. The third kappa shape index (κ3) is 3.04. The Kier molecular flexibility index (Phi) is 4.37. The van der Waals surface area contributed by atoms with Crippen LogP contribution in [0.3, 0.4) is 0 Å². The van der Waals surface area contributed by atoms with Crippen molar-refractivity contribution in [1.29, 1.82) is 0 Å². The van der Waals surface area contributed by atoms with Crippen molar-refractivity contribution in [3.05, 3.63) is 35.4 Å². The second kappa shape index (κ2) is 5.84. The average Bonchev–Trinajstić information content (AvgIpc) is 2.70. The second-order valence-electron chi connectivity index (χ2n) is 5.03. The van der Waals surface area contributed by atoms with Gasteiger partial charge in [0.15, 0.2) is 0 Å².